The second kappa shape index (κ2) is 8.09. The molecule has 0 saturated carbocycles. The van der Waals surface area contributed by atoms with E-state index in [0.29, 0.717) is 13.0 Å². The highest BCUT2D eigenvalue weighted by molar-refractivity contribution is 5.62. The van der Waals surface area contributed by atoms with Gasteiger partial charge in [0.25, 0.3) is 0 Å². The first-order valence-corrected chi connectivity index (χ1v) is 8.21. The van der Waals surface area contributed by atoms with Crippen LogP contribution in [-0.4, -0.2) is 9.78 Å². The fraction of sp³-hybridized carbons (Fsp3) is 0.200. The van der Waals surface area contributed by atoms with Crippen molar-refractivity contribution in [2.24, 2.45) is 0 Å². The van der Waals surface area contributed by atoms with Crippen LogP contribution < -0.4 is 5.32 Å². The molecule has 0 saturated heterocycles. The first kappa shape index (κ1) is 16.0. The smallest absolute Gasteiger partial charge is 0.105 e. The molecule has 1 heterocycles. The molecule has 4 heteroatoms. The Kier molecular flexibility index (Phi) is 5.39. The summed E-state index contributed by atoms with van der Waals surface area (Å²) >= 11 is 0. The Hall–Kier alpha value is -2.90. The predicted octanol–water partition coefficient (Wildman–Crippen LogP) is 2.73. The summed E-state index contributed by atoms with van der Waals surface area (Å²) in [6.45, 7) is 2.44. The van der Waals surface area contributed by atoms with E-state index in [2.05, 4.69) is 59.1 Å². The van der Waals surface area contributed by atoms with Gasteiger partial charge in [0.2, 0.25) is 0 Å². The van der Waals surface area contributed by atoms with Crippen LogP contribution in [0.4, 0.5) is 0 Å². The highest BCUT2D eigenvalue weighted by Crippen LogP contribution is 2.21. The summed E-state index contributed by atoms with van der Waals surface area (Å²) in [5.74, 6) is 0. The molecular formula is C20H21N4+. The zero-order valence-corrected chi connectivity index (χ0v) is 13.6. The number of quaternary nitrogens is 1. The summed E-state index contributed by atoms with van der Waals surface area (Å²) in [5.41, 5.74) is 4.65. The van der Waals surface area contributed by atoms with Crippen molar-refractivity contribution in [3.8, 4) is 17.3 Å². The maximum atomic E-state index is 8.79. The van der Waals surface area contributed by atoms with E-state index >= 15 is 0 Å². The van der Waals surface area contributed by atoms with Crippen molar-refractivity contribution in [3.63, 3.8) is 0 Å². The number of nitrogens with zero attached hydrogens (tertiary/aromatic N) is 3. The van der Waals surface area contributed by atoms with E-state index in [1.54, 1.807) is 0 Å². The van der Waals surface area contributed by atoms with Gasteiger partial charge in [0.05, 0.1) is 24.6 Å². The minimum Gasteiger partial charge on any atom is -0.339 e. The largest absolute Gasteiger partial charge is 0.339 e. The van der Waals surface area contributed by atoms with Crippen LogP contribution in [0.15, 0.2) is 66.9 Å². The highest BCUT2D eigenvalue weighted by Gasteiger charge is 2.12. The van der Waals surface area contributed by atoms with Gasteiger partial charge in [-0.2, -0.15) is 10.4 Å². The molecular weight excluding hydrogens is 296 g/mol. The Morgan fingerprint density at radius 3 is 2.38 bits per heavy atom. The van der Waals surface area contributed by atoms with E-state index in [-0.39, 0.29) is 0 Å². The van der Waals surface area contributed by atoms with Gasteiger partial charge in [0, 0.05) is 17.3 Å². The van der Waals surface area contributed by atoms with Crippen molar-refractivity contribution in [3.05, 3.63) is 78.0 Å². The molecule has 1 aromatic heterocycles. The van der Waals surface area contributed by atoms with Gasteiger partial charge in [-0.25, -0.2) is 0 Å². The standard InChI is InChI=1S/C20H20N4/c21-12-7-13-24-16-19(15-22-14-17-8-3-1-4-9-17)20(23-24)18-10-5-2-6-11-18/h1-6,8-11,16,22H,7,13-15H2/p+1. The summed E-state index contributed by atoms with van der Waals surface area (Å²) in [4.78, 5) is 0. The zero-order chi connectivity index (χ0) is 16.6. The number of hydrogen-bond acceptors (Lipinski definition) is 2. The highest BCUT2D eigenvalue weighted by atomic mass is 15.3. The molecule has 0 atom stereocenters. The molecule has 3 rings (SSSR count). The molecule has 0 unspecified atom stereocenters. The van der Waals surface area contributed by atoms with Crippen LogP contribution in [0.1, 0.15) is 17.5 Å². The van der Waals surface area contributed by atoms with Gasteiger partial charge in [0.1, 0.15) is 18.8 Å². The molecule has 0 spiro atoms. The minimum atomic E-state index is 0.475. The lowest BCUT2D eigenvalue weighted by atomic mass is 10.1. The van der Waals surface area contributed by atoms with Gasteiger partial charge in [-0.3, -0.25) is 4.68 Å². The average Bonchev–Trinajstić information content (AvgIpc) is 3.05. The van der Waals surface area contributed by atoms with Crippen LogP contribution in [-0.2, 0) is 19.6 Å². The Morgan fingerprint density at radius 2 is 1.67 bits per heavy atom. The lowest BCUT2D eigenvalue weighted by Gasteiger charge is -2.03. The lowest BCUT2D eigenvalue weighted by molar-refractivity contribution is -0.686. The molecule has 2 N–H and O–H groups in total. The predicted molar refractivity (Wildman–Crippen MR) is 93.7 cm³/mol. The third-order valence-electron chi connectivity index (χ3n) is 3.92. The topological polar surface area (TPSA) is 58.2 Å². The number of rotatable bonds is 7. The second-order valence-electron chi connectivity index (χ2n) is 5.72. The molecule has 120 valence electrons. The SMILES string of the molecule is N#CCCn1cc(C[NH2+]Cc2ccccc2)c(-c2ccccc2)n1. The van der Waals surface area contributed by atoms with Crippen molar-refractivity contribution in [2.45, 2.75) is 26.1 Å². The van der Waals surface area contributed by atoms with Crippen molar-refractivity contribution in [1.82, 2.24) is 9.78 Å². The Balaban J connectivity index is 1.75. The van der Waals surface area contributed by atoms with Crippen LogP contribution in [0, 0.1) is 11.3 Å². The summed E-state index contributed by atoms with van der Waals surface area (Å²) in [6, 6.07) is 22.9. The number of benzene rings is 2. The summed E-state index contributed by atoms with van der Waals surface area (Å²) < 4.78 is 1.89. The van der Waals surface area contributed by atoms with Crippen LogP contribution in [0.5, 0.6) is 0 Å². The van der Waals surface area contributed by atoms with Crippen molar-refractivity contribution in [1.29, 1.82) is 5.26 Å². The van der Waals surface area contributed by atoms with Crippen molar-refractivity contribution >= 4 is 0 Å². The molecule has 0 radical (unpaired) electrons. The molecule has 0 amide bonds. The van der Waals surface area contributed by atoms with E-state index in [0.717, 1.165) is 24.3 Å². The Morgan fingerprint density at radius 1 is 0.958 bits per heavy atom. The summed E-state index contributed by atoms with van der Waals surface area (Å²) in [5, 5.41) is 15.8. The van der Waals surface area contributed by atoms with Crippen LogP contribution in [0.3, 0.4) is 0 Å². The molecule has 3 aromatic rings. The number of nitriles is 1. The lowest BCUT2D eigenvalue weighted by Crippen LogP contribution is -2.80. The molecule has 0 fully saturated rings. The molecule has 0 bridgehead atoms. The molecule has 0 aliphatic rings. The third kappa shape index (κ3) is 4.09. The number of aryl methyl sites for hydroxylation is 1. The molecule has 2 aromatic carbocycles. The first-order chi connectivity index (χ1) is 11.9. The van der Waals surface area contributed by atoms with E-state index in [1.807, 2.05) is 28.9 Å². The number of nitrogens with two attached hydrogens (primary N) is 1. The van der Waals surface area contributed by atoms with E-state index in [4.69, 9.17) is 5.26 Å². The van der Waals surface area contributed by atoms with E-state index in [9.17, 15) is 0 Å². The maximum absolute atomic E-state index is 8.79. The summed E-state index contributed by atoms with van der Waals surface area (Å²) in [7, 11) is 0. The van der Waals surface area contributed by atoms with E-state index in [1.165, 1.54) is 11.1 Å². The van der Waals surface area contributed by atoms with Gasteiger partial charge in [-0.05, 0) is 0 Å². The van der Waals surface area contributed by atoms with Gasteiger partial charge in [0.15, 0.2) is 0 Å². The normalized spacial score (nSPS) is 10.5. The van der Waals surface area contributed by atoms with E-state index < -0.39 is 0 Å². The quantitative estimate of drug-likeness (QED) is 0.728. The van der Waals surface area contributed by atoms with Gasteiger partial charge >= 0.3 is 0 Å². The summed E-state index contributed by atoms with van der Waals surface area (Å²) in [6.07, 6.45) is 2.55. The zero-order valence-electron chi connectivity index (χ0n) is 13.6. The number of hydrogen-bond donors (Lipinski definition) is 1. The fourth-order valence-electron chi connectivity index (χ4n) is 2.74. The monoisotopic (exact) mass is 317 g/mol. The fourth-order valence-corrected chi connectivity index (χ4v) is 2.74. The third-order valence-corrected chi connectivity index (χ3v) is 3.92. The van der Waals surface area contributed by atoms with Crippen LogP contribution in [0.25, 0.3) is 11.3 Å². The number of aromatic nitrogens is 2. The Labute approximate surface area is 142 Å². The first-order valence-electron chi connectivity index (χ1n) is 8.21. The molecule has 24 heavy (non-hydrogen) atoms. The van der Waals surface area contributed by atoms with Crippen molar-refractivity contribution in [2.75, 3.05) is 0 Å². The average molecular weight is 317 g/mol. The van der Waals surface area contributed by atoms with Gasteiger partial charge in [-0.1, -0.05) is 60.7 Å². The maximum Gasteiger partial charge on any atom is 0.105 e. The molecule has 0 aliphatic carbocycles. The second-order valence-corrected chi connectivity index (χ2v) is 5.72. The van der Waals surface area contributed by atoms with Crippen molar-refractivity contribution < 1.29 is 5.32 Å². The van der Waals surface area contributed by atoms with Crippen LogP contribution in [0.2, 0.25) is 0 Å². The van der Waals surface area contributed by atoms with Gasteiger partial charge < -0.3 is 5.32 Å². The molecule has 0 aliphatic heterocycles. The minimum absolute atomic E-state index is 0.475. The Bertz CT molecular complexity index is 801. The van der Waals surface area contributed by atoms with Crippen LogP contribution >= 0.6 is 0 Å². The molecule has 4 nitrogen and oxygen atoms in total. The van der Waals surface area contributed by atoms with Gasteiger partial charge in [-0.15, -0.1) is 0 Å².